The van der Waals surface area contributed by atoms with Gasteiger partial charge in [-0.1, -0.05) is 6.07 Å². The molecule has 0 radical (unpaired) electrons. The van der Waals surface area contributed by atoms with Gasteiger partial charge in [0, 0.05) is 32.4 Å². The molecule has 19 heavy (non-hydrogen) atoms. The Balaban J connectivity index is 1.89. The summed E-state index contributed by atoms with van der Waals surface area (Å²) in [7, 11) is 1.96. The SMILES string of the molecule is CN(CC(=O)N1CCCC1)Cc1cccnc1CN. The van der Waals surface area contributed by atoms with Crippen LogP contribution in [0.2, 0.25) is 0 Å². The van der Waals surface area contributed by atoms with Gasteiger partial charge in [-0.15, -0.1) is 0 Å². The average molecular weight is 262 g/mol. The fraction of sp³-hybridized carbons (Fsp3) is 0.571. The molecule has 2 heterocycles. The molecule has 1 saturated heterocycles. The van der Waals surface area contributed by atoms with Gasteiger partial charge in [0.2, 0.25) is 5.91 Å². The standard InChI is InChI=1S/C14H22N4O/c1-17(11-14(19)18-7-2-3-8-18)10-12-5-4-6-16-13(12)9-15/h4-6H,2-3,7-11,15H2,1H3. The second-order valence-electron chi connectivity index (χ2n) is 5.07. The van der Waals surface area contributed by atoms with Gasteiger partial charge in [0.05, 0.1) is 12.2 Å². The summed E-state index contributed by atoms with van der Waals surface area (Å²) in [6, 6.07) is 3.93. The van der Waals surface area contributed by atoms with Crippen LogP contribution in [0.3, 0.4) is 0 Å². The van der Waals surface area contributed by atoms with Crippen LogP contribution in [0.15, 0.2) is 18.3 Å². The van der Waals surface area contributed by atoms with Gasteiger partial charge in [-0.2, -0.15) is 0 Å². The summed E-state index contributed by atoms with van der Waals surface area (Å²) in [6.45, 7) is 3.42. The van der Waals surface area contributed by atoms with Crippen molar-refractivity contribution < 1.29 is 4.79 Å². The van der Waals surface area contributed by atoms with Crippen LogP contribution >= 0.6 is 0 Å². The first-order chi connectivity index (χ1) is 9.20. The van der Waals surface area contributed by atoms with Gasteiger partial charge >= 0.3 is 0 Å². The zero-order chi connectivity index (χ0) is 13.7. The Morgan fingerprint density at radius 3 is 2.89 bits per heavy atom. The Labute approximate surface area is 114 Å². The molecule has 0 unspecified atom stereocenters. The maximum absolute atomic E-state index is 12.0. The minimum Gasteiger partial charge on any atom is -0.342 e. The lowest BCUT2D eigenvalue weighted by molar-refractivity contribution is -0.131. The molecule has 5 heteroatoms. The van der Waals surface area contributed by atoms with Crippen LogP contribution < -0.4 is 5.73 Å². The van der Waals surface area contributed by atoms with Gasteiger partial charge in [0.1, 0.15) is 0 Å². The molecule has 2 N–H and O–H groups in total. The first kappa shape index (κ1) is 14.0. The summed E-state index contributed by atoms with van der Waals surface area (Å²) >= 11 is 0. The van der Waals surface area contributed by atoms with Gasteiger partial charge in [-0.25, -0.2) is 0 Å². The van der Waals surface area contributed by atoms with Gasteiger partial charge in [-0.3, -0.25) is 14.7 Å². The van der Waals surface area contributed by atoms with E-state index in [0.717, 1.165) is 37.2 Å². The highest BCUT2D eigenvalue weighted by atomic mass is 16.2. The number of hydrogen-bond donors (Lipinski definition) is 1. The molecule has 5 nitrogen and oxygen atoms in total. The van der Waals surface area contributed by atoms with Crippen molar-refractivity contribution in [3.63, 3.8) is 0 Å². The molecule has 2 rings (SSSR count). The van der Waals surface area contributed by atoms with Gasteiger partial charge in [0.25, 0.3) is 0 Å². The second kappa shape index (κ2) is 6.63. The zero-order valence-corrected chi connectivity index (χ0v) is 11.5. The van der Waals surface area contributed by atoms with Gasteiger partial charge < -0.3 is 10.6 Å². The molecule has 104 valence electrons. The number of carbonyl (C=O) groups excluding carboxylic acids is 1. The molecule has 1 aliphatic rings. The Bertz CT molecular complexity index is 429. The van der Waals surface area contributed by atoms with Crippen LogP contribution in [0.25, 0.3) is 0 Å². The van der Waals surface area contributed by atoms with Crippen LogP contribution in [-0.2, 0) is 17.9 Å². The van der Waals surface area contributed by atoms with Gasteiger partial charge in [0.15, 0.2) is 0 Å². The number of aromatic nitrogens is 1. The molecule has 0 atom stereocenters. The Morgan fingerprint density at radius 1 is 1.47 bits per heavy atom. The predicted octanol–water partition coefficient (Wildman–Crippen LogP) is 0.594. The highest BCUT2D eigenvalue weighted by molar-refractivity contribution is 5.78. The van der Waals surface area contributed by atoms with E-state index in [1.807, 2.05) is 29.0 Å². The molecule has 1 aromatic heterocycles. The van der Waals surface area contributed by atoms with Gasteiger partial charge in [-0.05, 0) is 31.5 Å². The molecule has 1 fully saturated rings. The predicted molar refractivity (Wildman–Crippen MR) is 74.3 cm³/mol. The third-order valence-corrected chi connectivity index (χ3v) is 3.48. The molecule has 0 aromatic carbocycles. The van der Waals surface area contributed by atoms with Crippen molar-refractivity contribution in [1.29, 1.82) is 0 Å². The summed E-state index contributed by atoms with van der Waals surface area (Å²) in [6.07, 6.45) is 4.02. The minimum absolute atomic E-state index is 0.221. The smallest absolute Gasteiger partial charge is 0.236 e. The topological polar surface area (TPSA) is 62.5 Å². The van der Waals surface area contributed by atoms with Crippen molar-refractivity contribution in [2.75, 3.05) is 26.7 Å². The van der Waals surface area contributed by atoms with E-state index in [2.05, 4.69) is 4.98 Å². The number of rotatable bonds is 5. The maximum atomic E-state index is 12.0. The van der Waals surface area contributed by atoms with E-state index in [1.165, 1.54) is 0 Å². The lowest BCUT2D eigenvalue weighted by atomic mass is 10.2. The minimum atomic E-state index is 0.221. The van der Waals surface area contributed by atoms with E-state index in [1.54, 1.807) is 6.20 Å². The summed E-state index contributed by atoms with van der Waals surface area (Å²) < 4.78 is 0. The first-order valence-corrected chi connectivity index (χ1v) is 6.80. The number of nitrogens with two attached hydrogens (primary N) is 1. The van der Waals surface area contributed by atoms with Crippen molar-refractivity contribution in [2.45, 2.75) is 25.9 Å². The molecule has 0 bridgehead atoms. The Hall–Kier alpha value is -1.46. The largest absolute Gasteiger partial charge is 0.342 e. The molecule has 0 spiro atoms. The molecule has 0 aliphatic carbocycles. The van der Waals surface area contributed by atoms with Crippen LogP contribution in [0.1, 0.15) is 24.1 Å². The van der Waals surface area contributed by atoms with E-state index in [0.29, 0.717) is 19.6 Å². The van der Waals surface area contributed by atoms with Crippen LogP contribution in [0, 0.1) is 0 Å². The molecule has 1 aromatic rings. The molecular weight excluding hydrogens is 240 g/mol. The van der Waals surface area contributed by atoms with E-state index in [9.17, 15) is 4.79 Å². The highest BCUT2D eigenvalue weighted by Crippen LogP contribution is 2.10. The number of likely N-dealkylation sites (N-methyl/N-ethyl adjacent to an activating group) is 1. The number of pyridine rings is 1. The van der Waals surface area contributed by atoms with Crippen molar-refractivity contribution >= 4 is 5.91 Å². The quantitative estimate of drug-likeness (QED) is 0.844. The number of amides is 1. The van der Waals surface area contributed by atoms with E-state index < -0.39 is 0 Å². The summed E-state index contributed by atoms with van der Waals surface area (Å²) in [4.78, 5) is 20.3. The lowest BCUT2D eigenvalue weighted by Crippen LogP contribution is -2.37. The van der Waals surface area contributed by atoms with Crippen LogP contribution in [0.4, 0.5) is 0 Å². The second-order valence-corrected chi connectivity index (χ2v) is 5.07. The lowest BCUT2D eigenvalue weighted by Gasteiger charge is -2.21. The Morgan fingerprint density at radius 2 is 2.21 bits per heavy atom. The van der Waals surface area contributed by atoms with E-state index in [4.69, 9.17) is 5.73 Å². The number of likely N-dealkylation sites (tertiary alicyclic amines) is 1. The molecule has 0 saturated carbocycles. The Kier molecular flexibility index (Phi) is 4.87. The zero-order valence-electron chi connectivity index (χ0n) is 11.5. The number of hydrogen-bond acceptors (Lipinski definition) is 4. The first-order valence-electron chi connectivity index (χ1n) is 6.80. The van der Waals surface area contributed by atoms with E-state index in [-0.39, 0.29) is 5.91 Å². The van der Waals surface area contributed by atoms with Crippen molar-refractivity contribution in [1.82, 2.24) is 14.8 Å². The fourth-order valence-corrected chi connectivity index (χ4v) is 2.44. The molecule has 1 amide bonds. The molecular formula is C14H22N4O. The molecule has 1 aliphatic heterocycles. The number of nitrogens with zero attached hydrogens (tertiary/aromatic N) is 3. The van der Waals surface area contributed by atoms with Crippen LogP contribution in [0.5, 0.6) is 0 Å². The normalized spacial score (nSPS) is 15.2. The summed E-state index contributed by atoms with van der Waals surface area (Å²) in [5.41, 5.74) is 7.68. The van der Waals surface area contributed by atoms with Crippen molar-refractivity contribution in [3.05, 3.63) is 29.6 Å². The fourth-order valence-electron chi connectivity index (χ4n) is 2.44. The highest BCUT2D eigenvalue weighted by Gasteiger charge is 2.19. The third-order valence-electron chi connectivity index (χ3n) is 3.48. The van der Waals surface area contributed by atoms with Crippen molar-refractivity contribution in [3.8, 4) is 0 Å². The average Bonchev–Trinajstić information content (AvgIpc) is 2.93. The monoisotopic (exact) mass is 262 g/mol. The summed E-state index contributed by atoms with van der Waals surface area (Å²) in [5.74, 6) is 0.221. The maximum Gasteiger partial charge on any atom is 0.236 e. The number of carbonyl (C=O) groups is 1. The third kappa shape index (κ3) is 3.75. The van der Waals surface area contributed by atoms with Crippen molar-refractivity contribution in [2.24, 2.45) is 5.73 Å². The van der Waals surface area contributed by atoms with E-state index >= 15 is 0 Å². The summed E-state index contributed by atoms with van der Waals surface area (Å²) in [5, 5.41) is 0. The van der Waals surface area contributed by atoms with Crippen LogP contribution in [-0.4, -0.2) is 47.4 Å².